The molecule has 0 bridgehead atoms. The number of rotatable bonds is 2. The predicted molar refractivity (Wildman–Crippen MR) is 78.6 cm³/mol. The SMILES string of the molecule is CC(C)(C)OC(=O)NC1c2ccccc2CCC1C(O)O. The standard InChI is InChI=1S/C16H23NO4/c1-16(2,3)21-15(20)17-13-11-7-5-4-6-10(11)8-9-12(13)14(18)19/h4-7,12-14,18-19H,8-9H2,1-3H3,(H,17,20). The van der Waals surface area contributed by atoms with Crippen LogP contribution < -0.4 is 5.32 Å². The number of hydrogen-bond donors (Lipinski definition) is 3. The number of benzene rings is 1. The van der Waals surface area contributed by atoms with Crippen molar-refractivity contribution < 1.29 is 19.7 Å². The van der Waals surface area contributed by atoms with Crippen molar-refractivity contribution >= 4 is 6.09 Å². The van der Waals surface area contributed by atoms with Gasteiger partial charge in [0.05, 0.1) is 6.04 Å². The number of alkyl carbamates (subject to hydrolysis) is 1. The Morgan fingerprint density at radius 1 is 1.33 bits per heavy atom. The van der Waals surface area contributed by atoms with Crippen LogP contribution in [0.1, 0.15) is 44.4 Å². The molecule has 0 fully saturated rings. The van der Waals surface area contributed by atoms with Crippen molar-refractivity contribution in [1.29, 1.82) is 0 Å². The van der Waals surface area contributed by atoms with E-state index in [1.54, 1.807) is 20.8 Å². The topological polar surface area (TPSA) is 78.8 Å². The first-order valence-electron chi connectivity index (χ1n) is 7.21. The molecule has 0 aromatic heterocycles. The fourth-order valence-electron chi connectivity index (χ4n) is 2.73. The summed E-state index contributed by atoms with van der Waals surface area (Å²) < 4.78 is 5.27. The molecule has 1 amide bonds. The zero-order valence-corrected chi connectivity index (χ0v) is 12.7. The fraction of sp³-hybridized carbons (Fsp3) is 0.562. The highest BCUT2D eigenvalue weighted by Gasteiger charge is 2.35. The van der Waals surface area contributed by atoms with Gasteiger partial charge in [-0.25, -0.2) is 4.79 Å². The number of aryl methyl sites for hydroxylation is 1. The van der Waals surface area contributed by atoms with E-state index in [1.807, 2.05) is 24.3 Å². The Balaban J connectivity index is 2.22. The molecule has 0 spiro atoms. The third kappa shape index (κ3) is 3.95. The summed E-state index contributed by atoms with van der Waals surface area (Å²) in [5.74, 6) is -0.438. The number of fused-ring (bicyclic) bond motifs is 1. The van der Waals surface area contributed by atoms with E-state index in [0.29, 0.717) is 6.42 Å². The predicted octanol–water partition coefficient (Wildman–Crippen LogP) is 2.13. The Morgan fingerprint density at radius 3 is 2.62 bits per heavy atom. The first-order chi connectivity index (χ1) is 9.78. The molecular weight excluding hydrogens is 270 g/mol. The molecule has 0 saturated carbocycles. The summed E-state index contributed by atoms with van der Waals surface area (Å²) in [4.78, 5) is 12.0. The molecule has 2 unspecified atom stereocenters. The number of carbonyl (C=O) groups is 1. The van der Waals surface area contributed by atoms with Crippen LogP contribution in [0.5, 0.6) is 0 Å². The van der Waals surface area contributed by atoms with Gasteiger partial charge in [-0.1, -0.05) is 24.3 Å². The third-order valence-corrected chi connectivity index (χ3v) is 3.62. The van der Waals surface area contributed by atoms with E-state index < -0.39 is 29.9 Å². The summed E-state index contributed by atoms with van der Waals surface area (Å²) in [5, 5.41) is 21.9. The molecule has 1 aromatic rings. The van der Waals surface area contributed by atoms with E-state index in [-0.39, 0.29) is 0 Å². The summed E-state index contributed by atoms with van der Waals surface area (Å²) >= 11 is 0. The van der Waals surface area contributed by atoms with Crippen molar-refractivity contribution in [2.24, 2.45) is 5.92 Å². The van der Waals surface area contributed by atoms with Gasteiger partial charge in [0, 0.05) is 5.92 Å². The molecule has 116 valence electrons. The second-order valence-corrected chi connectivity index (χ2v) is 6.44. The molecule has 5 heteroatoms. The van der Waals surface area contributed by atoms with Gasteiger partial charge in [-0.2, -0.15) is 0 Å². The lowest BCUT2D eigenvalue weighted by Crippen LogP contribution is -2.43. The van der Waals surface area contributed by atoms with Crippen LogP contribution in [-0.2, 0) is 11.2 Å². The molecular formula is C16H23NO4. The van der Waals surface area contributed by atoms with Gasteiger partial charge in [-0.3, -0.25) is 0 Å². The molecule has 3 N–H and O–H groups in total. The van der Waals surface area contributed by atoms with Crippen molar-refractivity contribution in [3.8, 4) is 0 Å². The number of aliphatic hydroxyl groups is 2. The Hall–Kier alpha value is -1.59. The van der Waals surface area contributed by atoms with E-state index in [0.717, 1.165) is 17.5 Å². The Bertz CT molecular complexity index is 507. The van der Waals surface area contributed by atoms with E-state index in [2.05, 4.69) is 5.32 Å². The monoisotopic (exact) mass is 293 g/mol. The van der Waals surface area contributed by atoms with Gasteiger partial charge in [0.25, 0.3) is 0 Å². The smallest absolute Gasteiger partial charge is 0.408 e. The van der Waals surface area contributed by atoms with Gasteiger partial charge in [0.1, 0.15) is 5.60 Å². The fourth-order valence-corrected chi connectivity index (χ4v) is 2.73. The molecule has 2 rings (SSSR count). The second-order valence-electron chi connectivity index (χ2n) is 6.44. The van der Waals surface area contributed by atoms with Crippen molar-refractivity contribution in [2.45, 2.75) is 51.5 Å². The minimum atomic E-state index is -1.47. The number of aliphatic hydroxyl groups excluding tert-OH is 1. The maximum atomic E-state index is 12.0. The molecule has 0 heterocycles. The average molecular weight is 293 g/mol. The Morgan fingerprint density at radius 2 is 2.00 bits per heavy atom. The van der Waals surface area contributed by atoms with Crippen LogP contribution in [0.25, 0.3) is 0 Å². The van der Waals surface area contributed by atoms with Crippen LogP contribution in [0, 0.1) is 5.92 Å². The summed E-state index contributed by atoms with van der Waals surface area (Å²) in [6.45, 7) is 5.37. The molecule has 2 atom stereocenters. The molecule has 5 nitrogen and oxygen atoms in total. The first kappa shape index (κ1) is 15.8. The molecule has 0 aliphatic heterocycles. The maximum absolute atomic E-state index is 12.0. The van der Waals surface area contributed by atoms with Crippen molar-refractivity contribution in [3.63, 3.8) is 0 Å². The zero-order chi connectivity index (χ0) is 15.6. The number of nitrogens with one attached hydrogen (secondary N) is 1. The van der Waals surface area contributed by atoms with Crippen LogP contribution in [0.15, 0.2) is 24.3 Å². The van der Waals surface area contributed by atoms with Crippen molar-refractivity contribution in [2.75, 3.05) is 0 Å². The molecule has 1 aromatic carbocycles. The number of ether oxygens (including phenoxy) is 1. The van der Waals surface area contributed by atoms with Gasteiger partial charge >= 0.3 is 6.09 Å². The Kier molecular flexibility index (Phi) is 4.54. The van der Waals surface area contributed by atoms with E-state index in [1.165, 1.54) is 0 Å². The highest BCUT2D eigenvalue weighted by Crippen LogP contribution is 2.36. The summed E-state index contributed by atoms with van der Waals surface area (Å²) in [6.07, 6.45) is -0.645. The summed E-state index contributed by atoms with van der Waals surface area (Å²) in [7, 11) is 0. The maximum Gasteiger partial charge on any atom is 0.408 e. The largest absolute Gasteiger partial charge is 0.444 e. The molecule has 0 saturated heterocycles. The van der Waals surface area contributed by atoms with Crippen molar-refractivity contribution in [1.82, 2.24) is 5.32 Å². The summed E-state index contributed by atoms with van der Waals surface area (Å²) in [6, 6.07) is 7.28. The molecule has 0 radical (unpaired) electrons. The quantitative estimate of drug-likeness (QED) is 0.730. The highest BCUT2D eigenvalue weighted by atomic mass is 16.6. The van der Waals surface area contributed by atoms with Crippen molar-refractivity contribution in [3.05, 3.63) is 35.4 Å². The lowest BCUT2D eigenvalue weighted by Gasteiger charge is -2.35. The average Bonchev–Trinajstić information content (AvgIpc) is 2.36. The highest BCUT2D eigenvalue weighted by molar-refractivity contribution is 5.68. The minimum absolute atomic E-state index is 0.438. The molecule has 1 aliphatic rings. The van der Waals surface area contributed by atoms with Gasteiger partial charge in [0.15, 0.2) is 6.29 Å². The lowest BCUT2D eigenvalue weighted by molar-refractivity contribution is -0.0980. The Labute approximate surface area is 124 Å². The molecule has 1 aliphatic carbocycles. The van der Waals surface area contributed by atoms with Crippen LogP contribution in [-0.4, -0.2) is 28.2 Å². The lowest BCUT2D eigenvalue weighted by atomic mass is 9.79. The van der Waals surface area contributed by atoms with E-state index >= 15 is 0 Å². The van der Waals surface area contributed by atoms with Gasteiger partial charge in [0.2, 0.25) is 0 Å². The van der Waals surface area contributed by atoms with E-state index in [9.17, 15) is 15.0 Å². The van der Waals surface area contributed by atoms with Gasteiger partial charge in [-0.15, -0.1) is 0 Å². The van der Waals surface area contributed by atoms with Gasteiger partial charge < -0.3 is 20.3 Å². The molecule has 21 heavy (non-hydrogen) atoms. The number of hydrogen-bond acceptors (Lipinski definition) is 4. The van der Waals surface area contributed by atoms with Gasteiger partial charge in [-0.05, 0) is 44.7 Å². The zero-order valence-electron chi connectivity index (χ0n) is 12.7. The normalized spacial score (nSPS) is 21.8. The van der Waals surface area contributed by atoms with Crippen LogP contribution >= 0.6 is 0 Å². The first-order valence-corrected chi connectivity index (χ1v) is 7.21. The number of carbonyl (C=O) groups excluding carboxylic acids is 1. The number of amides is 1. The minimum Gasteiger partial charge on any atom is -0.444 e. The van der Waals surface area contributed by atoms with Crippen LogP contribution in [0.4, 0.5) is 4.79 Å². The summed E-state index contributed by atoms with van der Waals surface area (Å²) in [5.41, 5.74) is 1.45. The van der Waals surface area contributed by atoms with E-state index in [4.69, 9.17) is 4.74 Å². The van der Waals surface area contributed by atoms with Crippen LogP contribution in [0.3, 0.4) is 0 Å². The second kappa shape index (κ2) is 6.03. The van der Waals surface area contributed by atoms with Crippen LogP contribution in [0.2, 0.25) is 0 Å². The third-order valence-electron chi connectivity index (χ3n) is 3.62.